The zero-order valence-corrected chi connectivity index (χ0v) is 46.2. The molecule has 0 spiro atoms. The number of carbonyl (C=O) groups excluding carboxylic acids is 8. The first kappa shape index (κ1) is 64.5. The van der Waals surface area contributed by atoms with Crippen molar-refractivity contribution in [2.24, 2.45) is 17.8 Å². The minimum absolute atomic E-state index is 0.0508. The number of esters is 2. The van der Waals surface area contributed by atoms with E-state index in [0.29, 0.717) is 49.7 Å². The smallest absolute Gasteiger partial charge is 0.456 e. The van der Waals surface area contributed by atoms with E-state index in [2.05, 4.69) is 25.8 Å². The number of hydrogen-bond donors (Lipinski definition) is 6. The van der Waals surface area contributed by atoms with Crippen LogP contribution in [0.15, 0.2) is 53.6 Å². The van der Waals surface area contributed by atoms with E-state index < -0.39 is 116 Å². The first-order chi connectivity index (χ1) is 34.7. The standard InChI is InChI=1S/C52H83N6O15P/c1-13-33(5)44-47(61)55-38(10)51(65)73-45(34(6)14-2)36(8)41(72-52(66)53-27-21-16-15-17-22-28-70-74(67,68)69)26-25-35(7)50(64)71-42(29-32(3)4)46(60)54-37(9)48(62)58(12)40(30-39-23-19-18-20-24-39)49(63)57(11)31-43(59)56-44/h14,18-20,23-25,32-33,36-38,40-42,44-45H,13,15-17,21-22,26-31H2,1-12H3,(H,53,66)(H,54,60)(H,55,61)(H,56,59)(H2,67,68,69)/b34-14+,35-25-/t33-,36+,37+,38-,40-,41+,42-,44+,45-/m1/s1. The number of hydrogen-bond acceptors (Lipinski definition) is 13. The number of nitrogens with one attached hydrogen (secondary N) is 4. The van der Waals surface area contributed by atoms with E-state index in [1.165, 1.54) is 45.8 Å². The van der Waals surface area contributed by atoms with Crippen LogP contribution in [-0.2, 0) is 63.3 Å². The van der Waals surface area contributed by atoms with Crippen molar-refractivity contribution in [3.05, 3.63) is 59.2 Å². The van der Waals surface area contributed by atoms with Crippen molar-refractivity contribution in [2.75, 3.05) is 33.8 Å². The van der Waals surface area contributed by atoms with Gasteiger partial charge in [-0.15, -0.1) is 0 Å². The van der Waals surface area contributed by atoms with Gasteiger partial charge in [-0.05, 0) is 76.9 Å². The molecule has 74 heavy (non-hydrogen) atoms. The van der Waals surface area contributed by atoms with Gasteiger partial charge in [0.1, 0.15) is 36.4 Å². The second-order valence-electron chi connectivity index (χ2n) is 19.6. The fraction of sp³-hybridized carbons (Fsp3) is 0.654. The maximum absolute atomic E-state index is 14.3. The highest BCUT2D eigenvalue weighted by molar-refractivity contribution is 7.46. The molecule has 1 aromatic rings. The summed E-state index contributed by atoms with van der Waals surface area (Å²) in [5.41, 5.74) is 1.35. The molecular formula is C52H83N6O15P. The lowest BCUT2D eigenvalue weighted by Gasteiger charge is -2.33. The van der Waals surface area contributed by atoms with E-state index in [1.807, 2.05) is 20.8 Å². The number of likely N-dealkylation sites (N-methyl/N-ethyl adjacent to an activating group) is 2. The number of unbranched alkanes of at least 4 members (excludes halogenated alkanes) is 4. The van der Waals surface area contributed by atoms with Gasteiger partial charge in [0, 0.05) is 45.0 Å². The second kappa shape index (κ2) is 32.0. The molecule has 0 saturated carbocycles. The lowest BCUT2D eigenvalue weighted by molar-refractivity contribution is -0.155. The Morgan fingerprint density at radius 2 is 1.51 bits per heavy atom. The van der Waals surface area contributed by atoms with Crippen molar-refractivity contribution in [1.82, 2.24) is 31.1 Å². The Morgan fingerprint density at radius 3 is 2.12 bits per heavy atom. The monoisotopic (exact) mass is 1060 g/mol. The third kappa shape index (κ3) is 22.5. The van der Waals surface area contributed by atoms with Crippen molar-refractivity contribution in [3.63, 3.8) is 0 Å². The summed E-state index contributed by atoms with van der Waals surface area (Å²) >= 11 is 0. The van der Waals surface area contributed by atoms with Crippen molar-refractivity contribution in [1.29, 1.82) is 0 Å². The summed E-state index contributed by atoms with van der Waals surface area (Å²) in [7, 11) is -1.72. The molecule has 6 N–H and O–H groups in total. The van der Waals surface area contributed by atoms with Crippen LogP contribution in [0, 0.1) is 17.8 Å². The average Bonchev–Trinajstić information content (AvgIpc) is 3.34. The molecule has 1 aromatic carbocycles. The third-order valence-electron chi connectivity index (χ3n) is 12.9. The minimum atomic E-state index is -4.53. The number of amides is 6. The van der Waals surface area contributed by atoms with Gasteiger partial charge in [0.15, 0.2) is 6.10 Å². The number of ether oxygens (including phenoxy) is 3. The molecule has 1 aliphatic heterocycles. The molecule has 6 amide bonds. The molecule has 0 aliphatic carbocycles. The molecule has 22 heteroatoms. The maximum atomic E-state index is 14.3. The lowest BCUT2D eigenvalue weighted by Crippen LogP contribution is -2.57. The van der Waals surface area contributed by atoms with Gasteiger partial charge in [-0.1, -0.05) is 103 Å². The maximum Gasteiger partial charge on any atom is 0.469 e. The van der Waals surface area contributed by atoms with Crippen LogP contribution >= 0.6 is 7.82 Å². The molecular weight excluding hydrogens is 980 g/mol. The summed E-state index contributed by atoms with van der Waals surface area (Å²) in [5.74, 6) is -6.40. The number of alkyl carbamates (subject to hydrolysis) is 1. The average molecular weight is 1060 g/mol. The van der Waals surface area contributed by atoms with Crippen LogP contribution in [0.4, 0.5) is 4.79 Å². The van der Waals surface area contributed by atoms with E-state index >= 15 is 0 Å². The quantitative estimate of drug-likeness (QED) is 0.0392. The molecule has 9 atom stereocenters. The van der Waals surface area contributed by atoms with Crippen LogP contribution in [0.5, 0.6) is 0 Å². The summed E-state index contributed by atoms with van der Waals surface area (Å²) in [6.07, 6.45) is 2.56. The number of nitrogens with zero attached hydrogens (tertiary/aromatic N) is 2. The zero-order valence-electron chi connectivity index (χ0n) is 45.3. The van der Waals surface area contributed by atoms with Crippen LogP contribution in [0.2, 0.25) is 0 Å². The summed E-state index contributed by atoms with van der Waals surface area (Å²) in [5, 5.41) is 10.8. The predicted molar refractivity (Wildman–Crippen MR) is 276 cm³/mol. The van der Waals surface area contributed by atoms with Gasteiger partial charge in [-0.2, -0.15) is 0 Å². The number of rotatable bonds is 17. The van der Waals surface area contributed by atoms with Crippen LogP contribution in [0.1, 0.15) is 126 Å². The number of phosphoric acid groups is 1. The number of allylic oxidation sites excluding steroid dienone is 1. The number of benzene rings is 1. The van der Waals surface area contributed by atoms with Crippen molar-refractivity contribution in [2.45, 2.75) is 170 Å². The van der Waals surface area contributed by atoms with Crippen LogP contribution in [0.25, 0.3) is 0 Å². The highest BCUT2D eigenvalue weighted by Crippen LogP contribution is 2.36. The van der Waals surface area contributed by atoms with Gasteiger partial charge in [-0.3, -0.25) is 28.5 Å². The molecule has 416 valence electrons. The van der Waals surface area contributed by atoms with Crippen molar-refractivity contribution in [3.8, 4) is 0 Å². The molecule has 0 saturated heterocycles. The number of cyclic esters (lactones) is 2. The highest BCUT2D eigenvalue weighted by Gasteiger charge is 2.38. The largest absolute Gasteiger partial charge is 0.469 e. The zero-order chi connectivity index (χ0) is 55.9. The Hall–Kier alpha value is -5.63. The Balaban J connectivity index is 2.61. The molecule has 0 unspecified atom stereocenters. The van der Waals surface area contributed by atoms with Crippen LogP contribution in [-0.4, -0.2) is 143 Å². The van der Waals surface area contributed by atoms with Gasteiger partial charge in [0.05, 0.1) is 13.2 Å². The van der Waals surface area contributed by atoms with Gasteiger partial charge < -0.3 is 55.1 Å². The molecule has 1 aliphatic rings. The first-order valence-corrected chi connectivity index (χ1v) is 27.0. The summed E-state index contributed by atoms with van der Waals surface area (Å²) in [6, 6.07) is 4.20. The molecule has 2 rings (SSSR count). The second-order valence-corrected chi connectivity index (χ2v) is 20.8. The van der Waals surface area contributed by atoms with Gasteiger partial charge in [0.25, 0.3) is 5.91 Å². The first-order valence-electron chi connectivity index (χ1n) is 25.5. The van der Waals surface area contributed by atoms with Crippen molar-refractivity contribution < 1.29 is 71.4 Å². The normalized spacial score (nSPS) is 25.5. The fourth-order valence-corrected chi connectivity index (χ4v) is 8.37. The summed E-state index contributed by atoms with van der Waals surface area (Å²) < 4.78 is 33.2. The fourth-order valence-electron chi connectivity index (χ4n) is 8.00. The molecule has 0 aromatic heterocycles. The Bertz CT molecular complexity index is 2150. The lowest BCUT2D eigenvalue weighted by atomic mass is 9.90. The van der Waals surface area contributed by atoms with E-state index in [4.69, 9.17) is 24.0 Å². The molecule has 21 nitrogen and oxygen atoms in total. The minimum Gasteiger partial charge on any atom is -0.456 e. The van der Waals surface area contributed by atoms with E-state index in [1.54, 1.807) is 64.1 Å². The SMILES string of the molecule is C/C=C(\C)[C@H]1OC(=O)[C@@H](C)NC(=O)[C@H]([C@H](C)CC)NC(=O)CN(C)C(=O)[C@@H](Cc2ccccc2)N(C)C(=O)[C@H](C)NC(=O)[C@@H](CC(C)C)OC(=O)/C(C)=C\C[C@H](OC(=O)NCCCCCCCOP(=O)(O)O)[C@@H]1C. The van der Waals surface area contributed by atoms with Crippen LogP contribution in [0.3, 0.4) is 0 Å². The van der Waals surface area contributed by atoms with E-state index in [-0.39, 0.29) is 43.9 Å². The Labute approximate surface area is 436 Å². The van der Waals surface area contributed by atoms with Crippen LogP contribution < -0.4 is 21.3 Å². The molecule has 1 heterocycles. The number of phosphoric ester groups is 1. The van der Waals surface area contributed by atoms with Gasteiger partial charge >= 0.3 is 25.9 Å². The molecule has 0 fully saturated rings. The molecule has 0 radical (unpaired) electrons. The topological polar surface area (TPSA) is 286 Å². The summed E-state index contributed by atoms with van der Waals surface area (Å²) in [4.78, 5) is 131. The highest BCUT2D eigenvalue weighted by atomic mass is 31.2. The van der Waals surface area contributed by atoms with E-state index in [9.17, 15) is 42.9 Å². The predicted octanol–water partition coefficient (Wildman–Crippen LogP) is 5.03. The summed E-state index contributed by atoms with van der Waals surface area (Å²) in [6.45, 7) is 16.4. The Morgan fingerprint density at radius 1 is 0.892 bits per heavy atom. The van der Waals surface area contributed by atoms with Gasteiger partial charge in [0.2, 0.25) is 23.6 Å². The Kier molecular flexibility index (Phi) is 27.8. The van der Waals surface area contributed by atoms with E-state index in [0.717, 1.165) is 4.90 Å². The van der Waals surface area contributed by atoms with Crippen molar-refractivity contribution >= 4 is 55.4 Å². The van der Waals surface area contributed by atoms with Gasteiger partial charge in [-0.25, -0.2) is 18.9 Å². The third-order valence-corrected chi connectivity index (χ3v) is 13.4. The molecule has 0 bridgehead atoms. The number of carbonyl (C=O) groups is 8.